The van der Waals surface area contributed by atoms with Crippen molar-refractivity contribution in [3.63, 3.8) is 0 Å². The quantitative estimate of drug-likeness (QED) is 0.745. The zero-order valence-electron chi connectivity index (χ0n) is 10.4. The van der Waals surface area contributed by atoms with E-state index in [1.807, 2.05) is 4.90 Å². The summed E-state index contributed by atoms with van der Waals surface area (Å²) in [6.07, 6.45) is 4.01. The molecule has 2 fully saturated rings. The molecule has 5 heteroatoms. The second-order valence-corrected chi connectivity index (χ2v) is 4.68. The number of carbonyl (C=O) groups excluding carboxylic acids is 2. The molecule has 2 saturated heterocycles. The maximum Gasteiger partial charge on any atom is 0.410 e. The van der Waals surface area contributed by atoms with E-state index in [2.05, 4.69) is 6.92 Å². The molecule has 0 aromatic heterocycles. The van der Waals surface area contributed by atoms with Crippen LogP contribution in [0.25, 0.3) is 0 Å². The highest BCUT2D eigenvalue weighted by Gasteiger charge is 2.30. The van der Waals surface area contributed by atoms with E-state index in [-0.39, 0.29) is 18.5 Å². The molecule has 17 heavy (non-hydrogen) atoms. The number of carbonyl (C=O) groups is 2. The monoisotopic (exact) mass is 240 g/mol. The Morgan fingerprint density at radius 2 is 2.24 bits per heavy atom. The Hall–Kier alpha value is -1.26. The number of likely N-dealkylation sites (tertiary alicyclic amines) is 1. The summed E-state index contributed by atoms with van der Waals surface area (Å²) in [6.45, 7) is 4.06. The third kappa shape index (κ3) is 2.70. The standard InChI is InChI=1S/C12H20N2O3/c1-2-10-5-3-4-6-14(10)11(15)9-13-7-8-17-12(13)16/h10H,2-9H2,1H3. The topological polar surface area (TPSA) is 49.9 Å². The van der Waals surface area contributed by atoms with Gasteiger partial charge in [0.05, 0.1) is 6.54 Å². The Morgan fingerprint density at radius 3 is 2.88 bits per heavy atom. The molecule has 96 valence electrons. The van der Waals surface area contributed by atoms with Crippen molar-refractivity contribution in [3.8, 4) is 0 Å². The molecule has 0 radical (unpaired) electrons. The molecule has 1 unspecified atom stereocenters. The number of amides is 2. The van der Waals surface area contributed by atoms with E-state index < -0.39 is 0 Å². The van der Waals surface area contributed by atoms with Gasteiger partial charge in [-0.25, -0.2) is 4.79 Å². The fourth-order valence-corrected chi connectivity index (χ4v) is 2.58. The van der Waals surface area contributed by atoms with Gasteiger partial charge in [0, 0.05) is 12.6 Å². The summed E-state index contributed by atoms with van der Waals surface area (Å²) in [5.41, 5.74) is 0. The van der Waals surface area contributed by atoms with Crippen LogP contribution < -0.4 is 0 Å². The molecule has 0 saturated carbocycles. The van der Waals surface area contributed by atoms with E-state index >= 15 is 0 Å². The van der Waals surface area contributed by atoms with E-state index in [0.29, 0.717) is 19.2 Å². The summed E-state index contributed by atoms with van der Waals surface area (Å²) in [4.78, 5) is 26.9. The van der Waals surface area contributed by atoms with Gasteiger partial charge in [0.1, 0.15) is 13.2 Å². The first-order chi connectivity index (χ1) is 8.22. The Morgan fingerprint density at radius 1 is 1.41 bits per heavy atom. The molecule has 0 spiro atoms. The summed E-state index contributed by atoms with van der Waals surface area (Å²) in [7, 11) is 0. The lowest BCUT2D eigenvalue weighted by atomic mass is 10.00. The molecule has 2 aliphatic heterocycles. The van der Waals surface area contributed by atoms with Crippen LogP contribution in [0, 0.1) is 0 Å². The molecular weight excluding hydrogens is 220 g/mol. The van der Waals surface area contributed by atoms with Crippen LogP contribution in [0.2, 0.25) is 0 Å². The van der Waals surface area contributed by atoms with Gasteiger partial charge in [-0.05, 0) is 25.7 Å². The van der Waals surface area contributed by atoms with Gasteiger partial charge in [-0.3, -0.25) is 9.69 Å². The highest BCUT2D eigenvalue weighted by atomic mass is 16.6. The molecule has 2 rings (SSSR count). The Labute approximate surface area is 102 Å². The average Bonchev–Trinajstić information content (AvgIpc) is 2.75. The van der Waals surface area contributed by atoms with E-state index in [0.717, 1.165) is 25.8 Å². The van der Waals surface area contributed by atoms with Crippen molar-refractivity contribution in [2.45, 2.75) is 38.6 Å². The van der Waals surface area contributed by atoms with E-state index in [1.165, 1.54) is 11.3 Å². The minimum Gasteiger partial charge on any atom is -0.448 e. The van der Waals surface area contributed by atoms with Crippen molar-refractivity contribution in [2.24, 2.45) is 0 Å². The summed E-state index contributed by atoms with van der Waals surface area (Å²) in [5.74, 6) is 0.0652. The number of hydrogen-bond donors (Lipinski definition) is 0. The first-order valence-corrected chi connectivity index (χ1v) is 6.43. The summed E-state index contributed by atoms with van der Waals surface area (Å²) < 4.78 is 4.82. The van der Waals surface area contributed by atoms with E-state index in [1.54, 1.807) is 0 Å². The number of cyclic esters (lactones) is 1. The van der Waals surface area contributed by atoms with Gasteiger partial charge in [-0.15, -0.1) is 0 Å². The Kier molecular flexibility index (Phi) is 3.86. The lowest BCUT2D eigenvalue weighted by molar-refractivity contribution is -0.135. The van der Waals surface area contributed by atoms with Crippen molar-refractivity contribution in [1.29, 1.82) is 0 Å². The zero-order valence-corrected chi connectivity index (χ0v) is 10.4. The SMILES string of the molecule is CCC1CCCCN1C(=O)CN1CCOC1=O. The van der Waals surface area contributed by atoms with Crippen LogP contribution in [-0.4, -0.2) is 54.1 Å². The first kappa shape index (κ1) is 12.2. The molecule has 1 atom stereocenters. The van der Waals surface area contributed by atoms with Gasteiger partial charge in [-0.1, -0.05) is 6.92 Å². The van der Waals surface area contributed by atoms with Gasteiger partial charge in [0.15, 0.2) is 0 Å². The third-order valence-electron chi connectivity index (χ3n) is 3.59. The van der Waals surface area contributed by atoms with Crippen molar-refractivity contribution >= 4 is 12.0 Å². The third-order valence-corrected chi connectivity index (χ3v) is 3.59. The maximum atomic E-state index is 12.1. The van der Waals surface area contributed by atoms with Gasteiger partial charge in [0.2, 0.25) is 5.91 Å². The highest BCUT2D eigenvalue weighted by molar-refractivity contribution is 5.83. The van der Waals surface area contributed by atoms with E-state index in [4.69, 9.17) is 4.74 Å². The van der Waals surface area contributed by atoms with Crippen LogP contribution in [0.3, 0.4) is 0 Å². The summed E-state index contributed by atoms with van der Waals surface area (Å²) in [6, 6.07) is 0.356. The first-order valence-electron chi connectivity index (χ1n) is 6.43. The minimum atomic E-state index is -0.358. The maximum absolute atomic E-state index is 12.1. The van der Waals surface area contributed by atoms with Crippen LogP contribution in [0.4, 0.5) is 4.79 Å². The normalized spacial score (nSPS) is 25.0. The highest BCUT2D eigenvalue weighted by Crippen LogP contribution is 2.20. The molecule has 0 aromatic rings. The van der Waals surface area contributed by atoms with Crippen LogP contribution in [0.1, 0.15) is 32.6 Å². The minimum absolute atomic E-state index is 0.0652. The van der Waals surface area contributed by atoms with Crippen molar-refractivity contribution < 1.29 is 14.3 Å². The largest absolute Gasteiger partial charge is 0.448 e. The molecule has 2 aliphatic rings. The molecule has 2 heterocycles. The van der Waals surface area contributed by atoms with Crippen LogP contribution in [0.15, 0.2) is 0 Å². The Balaban J connectivity index is 1.91. The van der Waals surface area contributed by atoms with Gasteiger partial charge >= 0.3 is 6.09 Å². The molecule has 2 amide bonds. The molecule has 0 aliphatic carbocycles. The molecule has 0 N–H and O–H groups in total. The summed E-state index contributed by atoms with van der Waals surface area (Å²) >= 11 is 0. The van der Waals surface area contributed by atoms with Gasteiger partial charge in [-0.2, -0.15) is 0 Å². The van der Waals surface area contributed by atoms with E-state index in [9.17, 15) is 9.59 Å². The second kappa shape index (κ2) is 5.38. The molecule has 0 aromatic carbocycles. The lowest BCUT2D eigenvalue weighted by Gasteiger charge is -2.36. The van der Waals surface area contributed by atoms with Crippen molar-refractivity contribution in [1.82, 2.24) is 9.80 Å². The van der Waals surface area contributed by atoms with Crippen LogP contribution in [0.5, 0.6) is 0 Å². The number of hydrogen-bond acceptors (Lipinski definition) is 3. The predicted octanol–water partition coefficient (Wildman–Crippen LogP) is 1.23. The molecule has 0 bridgehead atoms. The second-order valence-electron chi connectivity index (χ2n) is 4.68. The number of piperidine rings is 1. The Bertz CT molecular complexity index is 306. The number of ether oxygens (including phenoxy) is 1. The zero-order chi connectivity index (χ0) is 12.3. The van der Waals surface area contributed by atoms with Crippen molar-refractivity contribution in [2.75, 3.05) is 26.2 Å². The molecular formula is C12H20N2O3. The lowest BCUT2D eigenvalue weighted by Crippen LogP contribution is -2.48. The number of nitrogens with zero attached hydrogens (tertiary/aromatic N) is 2. The summed E-state index contributed by atoms with van der Waals surface area (Å²) in [5, 5.41) is 0. The van der Waals surface area contributed by atoms with Gasteiger partial charge in [0.25, 0.3) is 0 Å². The van der Waals surface area contributed by atoms with Crippen molar-refractivity contribution in [3.05, 3.63) is 0 Å². The predicted molar refractivity (Wildman–Crippen MR) is 62.6 cm³/mol. The smallest absolute Gasteiger partial charge is 0.410 e. The molecule has 5 nitrogen and oxygen atoms in total. The van der Waals surface area contributed by atoms with Crippen LogP contribution >= 0.6 is 0 Å². The fraction of sp³-hybridized carbons (Fsp3) is 0.833. The fourth-order valence-electron chi connectivity index (χ4n) is 2.58. The average molecular weight is 240 g/mol. The number of rotatable bonds is 3. The van der Waals surface area contributed by atoms with Gasteiger partial charge < -0.3 is 9.64 Å². The van der Waals surface area contributed by atoms with Crippen LogP contribution in [-0.2, 0) is 9.53 Å².